The van der Waals surface area contributed by atoms with Crippen LogP contribution in [0, 0.1) is 40.5 Å². The van der Waals surface area contributed by atoms with Gasteiger partial charge in [-0.05, 0) is 0 Å². The molecule has 0 rings (SSSR count). The van der Waals surface area contributed by atoms with Gasteiger partial charge in [-0.25, -0.2) is 0 Å². The minimum absolute atomic E-state index is 1.26. The summed E-state index contributed by atoms with van der Waals surface area (Å²) in [5.41, 5.74) is -2.67. The summed E-state index contributed by atoms with van der Waals surface area (Å²) in [6, 6.07) is 0. The summed E-state index contributed by atoms with van der Waals surface area (Å²) in [6.07, 6.45) is 0. The largest absolute Gasteiger partial charge is 0.306 e. The molecular weight excluding hydrogens is 280 g/mol. The van der Waals surface area contributed by atoms with E-state index in [2.05, 4.69) is 14.5 Å². The summed E-state index contributed by atoms with van der Waals surface area (Å²) < 4.78 is 0. The van der Waals surface area contributed by atoms with E-state index in [-0.39, 0.29) is 0 Å². The van der Waals surface area contributed by atoms with E-state index in [1.807, 2.05) is 0 Å². The fourth-order valence-corrected chi connectivity index (χ4v) is 0.802. The Kier molecular flexibility index (Phi) is 5.61. The lowest BCUT2D eigenvalue weighted by Gasteiger charge is -2.21. The predicted molar refractivity (Wildman–Crippen MR) is 48.6 cm³/mol. The average Bonchev–Trinajstić information content (AvgIpc) is 2.27. The van der Waals surface area contributed by atoms with Gasteiger partial charge in [-0.3, -0.25) is 10.1 Å². The summed E-state index contributed by atoms with van der Waals surface area (Å²) in [5, 5.41) is 36.4. The Labute approximate surface area is 102 Å². The Morgan fingerprint density at radius 1 is 0.684 bits per heavy atom. The van der Waals surface area contributed by atoms with Crippen molar-refractivity contribution >= 4 is 0 Å². The normalized spacial score (nSPS) is 10.3. The van der Waals surface area contributed by atoms with Crippen LogP contribution in [0.5, 0.6) is 0 Å². The van der Waals surface area contributed by atoms with E-state index in [1.54, 1.807) is 0 Å². The summed E-state index contributed by atoms with van der Waals surface area (Å²) in [5.74, 6) is 0. The standard InChI is InChI=1S/C4H6N4O11/c9-5(10)4(1-17-6(11)12,2-18-7(13)14)3-19-8(15)16/h1-3H2. The lowest BCUT2D eigenvalue weighted by atomic mass is 10.1. The third-order valence-corrected chi connectivity index (χ3v) is 1.70. The van der Waals surface area contributed by atoms with Crippen molar-refractivity contribution in [2.75, 3.05) is 19.8 Å². The van der Waals surface area contributed by atoms with Gasteiger partial charge in [0.2, 0.25) is 0 Å². The molecule has 0 amide bonds. The zero-order valence-corrected chi connectivity index (χ0v) is 8.90. The SMILES string of the molecule is O=[N+]([O-])OCC(CO[N+](=O)[O-])(CO[N+](=O)[O-])[N+](=O)[O-]. The van der Waals surface area contributed by atoms with E-state index in [1.165, 1.54) is 0 Å². The highest BCUT2D eigenvalue weighted by atomic mass is 17.0. The summed E-state index contributed by atoms with van der Waals surface area (Å²) in [7, 11) is 0. The maximum atomic E-state index is 10.8. The molecule has 108 valence electrons. The topological polar surface area (TPSA) is 200 Å². The predicted octanol–water partition coefficient (Wildman–Crippen LogP) is -1.37. The molecule has 0 radical (unpaired) electrons. The van der Waals surface area contributed by atoms with Gasteiger partial charge in [-0.2, -0.15) is 0 Å². The summed E-state index contributed by atoms with van der Waals surface area (Å²) >= 11 is 0. The molecule has 0 saturated heterocycles. The number of hydrogen-bond donors (Lipinski definition) is 0. The number of rotatable bonds is 10. The number of nitrogens with zero attached hydrogens (tertiary/aromatic N) is 4. The quantitative estimate of drug-likeness (QED) is 0.338. The molecule has 0 aromatic heterocycles. The molecule has 0 fully saturated rings. The fourth-order valence-electron chi connectivity index (χ4n) is 0.802. The molecule has 0 aliphatic heterocycles. The second kappa shape index (κ2) is 6.67. The summed E-state index contributed by atoms with van der Waals surface area (Å²) in [4.78, 5) is 50.5. The Morgan fingerprint density at radius 2 is 0.947 bits per heavy atom. The van der Waals surface area contributed by atoms with E-state index in [4.69, 9.17) is 0 Å². The Balaban J connectivity index is 4.97. The monoisotopic (exact) mass is 286 g/mol. The van der Waals surface area contributed by atoms with Crippen molar-refractivity contribution in [1.82, 2.24) is 0 Å². The highest BCUT2D eigenvalue weighted by Crippen LogP contribution is 2.13. The maximum absolute atomic E-state index is 10.8. The Morgan fingerprint density at radius 3 is 1.11 bits per heavy atom. The van der Waals surface area contributed by atoms with Crippen molar-refractivity contribution < 1.29 is 34.7 Å². The molecule has 0 aliphatic carbocycles. The Bertz CT molecular complexity index is 335. The third kappa shape index (κ3) is 5.75. The fraction of sp³-hybridized carbons (Fsp3) is 1.00. The van der Waals surface area contributed by atoms with E-state index < -0.39 is 45.5 Å². The molecule has 0 N–H and O–H groups in total. The van der Waals surface area contributed by atoms with E-state index in [9.17, 15) is 40.5 Å². The van der Waals surface area contributed by atoms with Crippen LogP contribution in [0.2, 0.25) is 0 Å². The van der Waals surface area contributed by atoms with Gasteiger partial charge in [0, 0.05) is 4.92 Å². The van der Waals surface area contributed by atoms with Crippen LogP contribution < -0.4 is 0 Å². The second-order valence-corrected chi connectivity index (χ2v) is 2.97. The molecule has 15 nitrogen and oxygen atoms in total. The zero-order chi connectivity index (χ0) is 15.1. The average molecular weight is 286 g/mol. The molecule has 0 aromatic rings. The van der Waals surface area contributed by atoms with Crippen molar-refractivity contribution in [2.45, 2.75) is 5.54 Å². The molecular formula is C4H6N4O11. The van der Waals surface area contributed by atoms with Gasteiger partial charge in [-0.15, -0.1) is 30.3 Å². The minimum Gasteiger partial charge on any atom is -0.306 e. The molecule has 0 atom stereocenters. The highest BCUT2D eigenvalue weighted by Gasteiger charge is 2.47. The first-order chi connectivity index (χ1) is 8.69. The lowest BCUT2D eigenvalue weighted by Crippen LogP contribution is -2.52. The third-order valence-electron chi connectivity index (χ3n) is 1.70. The molecule has 0 heterocycles. The van der Waals surface area contributed by atoms with Crippen molar-refractivity contribution in [2.24, 2.45) is 0 Å². The zero-order valence-electron chi connectivity index (χ0n) is 8.90. The van der Waals surface area contributed by atoms with E-state index in [0.717, 1.165) is 0 Å². The van der Waals surface area contributed by atoms with Crippen LogP contribution in [-0.2, 0) is 14.5 Å². The first-order valence-corrected chi connectivity index (χ1v) is 4.16. The van der Waals surface area contributed by atoms with Gasteiger partial charge in [0.1, 0.15) is 0 Å². The molecule has 15 heteroatoms. The van der Waals surface area contributed by atoms with Crippen LogP contribution in [-0.4, -0.2) is 45.5 Å². The number of hydrogen-bond acceptors (Lipinski definition) is 11. The van der Waals surface area contributed by atoms with Gasteiger partial charge in [0.15, 0.2) is 19.8 Å². The van der Waals surface area contributed by atoms with Gasteiger partial charge in [-0.1, -0.05) is 0 Å². The molecule has 0 spiro atoms. The van der Waals surface area contributed by atoms with Crippen LogP contribution in [0.4, 0.5) is 0 Å². The van der Waals surface area contributed by atoms with Crippen LogP contribution in [0.25, 0.3) is 0 Å². The van der Waals surface area contributed by atoms with Gasteiger partial charge in [0.25, 0.3) is 20.8 Å². The molecule has 0 bridgehead atoms. The van der Waals surface area contributed by atoms with E-state index >= 15 is 0 Å². The van der Waals surface area contributed by atoms with Crippen LogP contribution in [0.3, 0.4) is 0 Å². The van der Waals surface area contributed by atoms with Crippen molar-refractivity contribution in [3.8, 4) is 0 Å². The second-order valence-electron chi connectivity index (χ2n) is 2.97. The van der Waals surface area contributed by atoms with E-state index in [0.29, 0.717) is 0 Å². The summed E-state index contributed by atoms with van der Waals surface area (Å²) in [6.45, 7) is -3.97. The van der Waals surface area contributed by atoms with Crippen LogP contribution in [0.15, 0.2) is 0 Å². The minimum atomic E-state index is -2.67. The first-order valence-electron chi connectivity index (χ1n) is 4.16. The smallest absolute Gasteiger partial charge is 0.294 e. The van der Waals surface area contributed by atoms with Crippen molar-refractivity contribution in [3.05, 3.63) is 40.5 Å². The van der Waals surface area contributed by atoms with Crippen molar-refractivity contribution in [1.29, 1.82) is 0 Å². The lowest BCUT2D eigenvalue weighted by molar-refractivity contribution is -0.803. The molecule has 0 aliphatic rings. The maximum Gasteiger partial charge on any atom is 0.294 e. The van der Waals surface area contributed by atoms with Gasteiger partial charge >= 0.3 is 0 Å². The first kappa shape index (κ1) is 16.0. The van der Waals surface area contributed by atoms with Gasteiger partial charge in [0.05, 0.1) is 0 Å². The Hall–Kier alpha value is -3.00. The van der Waals surface area contributed by atoms with Crippen molar-refractivity contribution in [3.63, 3.8) is 0 Å². The van der Waals surface area contributed by atoms with Crippen LogP contribution in [0.1, 0.15) is 0 Å². The van der Waals surface area contributed by atoms with Crippen LogP contribution >= 0.6 is 0 Å². The number of nitro groups is 1. The molecule has 0 unspecified atom stereocenters. The molecule has 0 saturated carbocycles. The highest BCUT2D eigenvalue weighted by molar-refractivity contribution is 4.77. The molecule has 19 heavy (non-hydrogen) atoms. The molecule has 0 aromatic carbocycles. The van der Waals surface area contributed by atoms with Gasteiger partial charge < -0.3 is 14.5 Å².